The van der Waals surface area contributed by atoms with Gasteiger partial charge in [-0.1, -0.05) is 31.5 Å². The third-order valence-corrected chi connectivity index (χ3v) is 2.68. The fourth-order valence-corrected chi connectivity index (χ4v) is 1.50. The van der Waals surface area contributed by atoms with Crippen molar-refractivity contribution >= 4 is 17.4 Å². The summed E-state index contributed by atoms with van der Waals surface area (Å²) in [6, 6.07) is 5.27. The third kappa shape index (κ3) is 4.36. The van der Waals surface area contributed by atoms with Crippen LogP contribution in [0.25, 0.3) is 0 Å². The van der Waals surface area contributed by atoms with E-state index in [1.807, 2.05) is 19.9 Å². The van der Waals surface area contributed by atoms with Crippen LogP contribution in [0.4, 0.5) is 0 Å². The molecule has 0 aliphatic carbocycles. The van der Waals surface area contributed by atoms with Crippen LogP contribution in [0.15, 0.2) is 18.2 Å². The quantitative estimate of drug-likeness (QED) is 0.851. The molecule has 0 aromatic heterocycles. The topological polar surface area (TPSA) is 46.5 Å². The normalized spacial score (nSPS) is 10.6. The fraction of sp³-hybridized carbons (Fsp3) is 0.462. The van der Waals surface area contributed by atoms with Crippen molar-refractivity contribution in [1.29, 1.82) is 0 Å². The minimum Gasteiger partial charge on any atom is -0.490 e. The molecule has 1 aromatic rings. The molecule has 0 aliphatic heterocycles. The Morgan fingerprint density at radius 2 is 2.18 bits per heavy atom. The molecule has 0 aliphatic rings. The van der Waals surface area contributed by atoms with Crippen LogP contribution >= 0.6 is 11.6 Å². The van der Waals surface area contributed by atoms with E-state index in [9.17, 15) is 4.79 Å². The molecular formula is C13H17ClO3. The minimum atomic E-state index is -0.0640. The van der Waals surface area contributed by atoms with Crippen LogP contribution in [0.3, 0.4) is 0 Å². The Hall–Kier alpha value is -1.06. The molecule has 1 aromatic carbocycles. The third-order valence-electron chi connectivity index (χ3n) is 2.37. The molecule has 0 heterocycles. The predicted molar refractivity (Wildman–Crippen MR) is 67.6 cm³/mol. The number of Topliss-reactive ketones (excluding diaryl/α,β-unsaturated/α-hetero) is 1. The lowest BCUT2D eigenvalue weighted by atomic mass is 10.0. The summed E-state index contributed by atoms with van der Waals surface area (Å²) < 4.78 is 5.28. The summed E-state index contributed by atoms with van der Waals surface area (Å²) in [5.74, 6) is 0.711. The first-order valence-electron chi connectivity index (χ1n) is 5.59. The molecule has 4 heteroatoms. The van der Waals surface area contributed by atoms with Crippen LogP contribution in [-0.2, 0) is 11.2 Å². The van der Waals surface area contributed by atoms with Crippen LogP contribution in [0, 0.1) is 5.92 Å². The van der Waals surface area contributed by atoms with Crippen molar-refractivity contribution < 1.29 is 14.6 Å². The average Bonchev–Trinajstić information content (AvgIpc) is 2.29. The molecule has 0 radical (unpaired) electrons. The van der Waals surface area contributed by atoms with E-state index in [-0.39, 0.29) is 24.9 Å². The number of hydrogen-bond donors (Lipinski definition) is 1. The maximum Gasteiger partial charge on any atom is 0.139 e. The van der Waals surface area contributed by atoms with Crippen molar-refractivity contribution in [3.05, 3.63) is 28.8 Å². The standard InChI is InChI=1S/C13H17ClO3/c1-9(2)12(16)7-10-3-4-11(14)13(8-10)17-6-5-15/h3-4,8-9,15H,5-7H2,1-2H3. The highest BCUT2D eigenvalue weighted by molar-refractivity contribution is 6.32. The Morgan fingerprint density at radius 3 is 2.76 bits per heavy atom. The van der Waals surface area contributed by atoms with Gasteiger partial charge >= 0.3 is 0 Å². The number of ether oxygens (including phenoxy) is 1. The summed E-state index contributed by atoms with van der Waals surface area (Å²) in [7, 11) is 0. The number of halogens is 1. The Balaban J connectivity index is 2.77. The summed E-state index contributed by atoms with van der Waals surface area (Å²) in [4.78, 5) is 11.6. The number of carbonyl (C=O) groups is 1. The van der Waals surface area contributed by atoms with E-state index in [1.165, 1.54) is 0 Å². The first-order chi connectivity index (χ1) is 8.04. The van der Waals surface area contributed by atoms with Crippen LogP contribution < -0.4 is 4.74 Å². The maximum absolute atomic E-state index is 11.6. The zero-order valence-corrected chi connectivity index (χ0v) is 10.8. The van der Waals surface area contributed by atoms with Gasteiger partial charge < -0.3 is 9.84 Å². The molecule has 0 spiro atoms. The second-order valence-corrected chi connectivity index (χ2v) is 4.54. The number of benzene rings is 1. The highest BCUT2D eigenvalue weighted by Gasteiger charge is 2.10. The summed E-state index contributed by atoms with van der Waals surface area (Å²) in [5, 5.41) is 9.17. The van der Waals surface area contributed by atoms with E-state index in [1.54, 1.807) is 12.1 Å². The highest BCUT2D eigenvalue weighted by atomic mass is 35.5. The summed E-state index contributed by atoms with van der Waals surface area (Å²) in [5.41, 5.74) is 0.876. The zero-order valence-electron chi connectivity index (χ0n) is 10.1. The number of hydrogen-bond acceptors (Lipinski definition) is 3. The number of rotatable bonds is 6. The summed E-state index contributed by atoms with van der Waals surface area (Å²) in [6.07, 6.45) is 0.379. The van der Waals surface area contributed by atoms with E-state index in [2.05, 4.69) is 0 Å². The molecule has 3 nitrogen and oxygen atoms in total. The van der Waals surface area contributed by atoms with Gasteiger partial charge in [-0.15, -0.1) is 0 Å². The molecular weight excluding hydrogens is 240 g/mol. The molecule has 0 amide bonds. The Bertz CT molecular complexity index is 388. The van der Waals surface area contributed by atoms with Crippen LogP contribution in [0.1, 0.15) is 19.4 Å². The molecule has 94 valence electrons. The van der Waals surface area contributed by atoms with E-state index < -0.39 is 0 Å². The Labute approximate surface area is 106 Å². The molecule has 1 rings (SSSR count). The van der Waals surface area contributed by atoms with E-state index in [0.29, 0.717) is 17.2 Å². The summed E-state index contributed by atoms with van der Waals surface area (Å²) >= 11 is 5.94. The number of carbonyl (C=O) groups excluding carboxylic acids is 1. The Kier molecular flexibility index (Phi) is 5.45. The van der Waals surface area contributed by atoms with Gasteiger partial charge in [0.15, 0.2) is 0 Å². The van der Waals surface area contributed by atoms with Gasteiger partial charge in [-0.05, 0) is 17.7 Å². The minimum absolute atomic E-state index is 0.0208. The van der Waals surface area contributed by atoms with Gasteiger partial charge in [-0.3, -0.25) is 4.79 Å². The monoisotopic (exact) mass is 256 g/mol. The average molecular weight is 257 g/mol. The van der Waals surface area contributed by atoms with Crippen molar-refractivity contribution in [3.8, 4) is 5.75 Å². The van der Waals surface area contributed by atoms with Gasteiger partial charge in [0.05, 0.1) is 11.6 Å². The second-order valence-electron chi connectivity index (χ2n) is 4.13. The lowest BCUT2D eigenvalue weighted by molar-refractivity contribution is -0.121. The second kappa shape index (κ2) is 6.62. The van der Waals surface area contributed by atoms with Gasteiger partial charge in [-0.2, -0.15) is 0 Å². The maximum atomic E-state index is 11.6. The molecule has 0 fully saturated rings. The van der Waals surface area contributed by atoms with Crippen LogP contribution in [0.5, 0.6) is 5.75 Å². The first kappa shape index (κ1) is 14.0. The van der Waals surface area contributed by atoms with Gasteiger partial charge in [0.1, 0.15) is 18.1 Å². The van der Waals surface area contributed by atoms with Gasteiger partial charge in [-0.25, -0.2) is 0 Å². The van der Waals surface area contributed by atoms with Gasteiger partial charge in [0.25, 0.3) is 0 Å². The highest BCUT2D eigenvalue weighted by Crippen LogP contribution is 2.26. The summed E-state index contributed by atoms with van der Waals surface area (Å²) in [6.45, 7) is 3.88. The van der Waals surface area contributed by atoms with Crippen molar-refractivity contribution in [2.45, 2.75) is 20.3 Å². The smallest absolute Gasteiger partial charge is 0.139 e. The lowest BCUT2D eigenvalue weighted by Gasteiger charge is -2.09. The first-order valence-corrected chi connectivity index (χ1v) is 5.97. The number of ketones is 1. The van der Waals surface area contributed by atoms with Crippen molar-refractivity contribution in [2.75, 3.05) is 13.2 Å². The van der Waals surface area contributed by atoms with Crippen molar-refractivity contribution in [3.63, 3.8) is 0 Å². The van der Waals surface area contributed by atoms with Crippen LogP contribution in [-0.4, -0.2) is 24.1 Å². The predicted octanol–water partition coefficient (Wildman–Crippen LogP) is 2.48. The fourth-order valence-electron chi connectivity index (χ4n) is 1.33. The SMILES string of the molecule is CC(C)C(=O)Cc1ccc(Cl)c(OCCO)c1. The van der Waals surface area contributed by atoms with E-state index >= 15 is 0 Å². The van der Waals surface area contributed by atoms with Crippen molar-refractivity contribution in [2.24, 2.45) is 5.92 Å². The lowest BCUT2D eigenvalue weighted by Crippen LogP contribution is -2.10. The zero-order chi connectivity index (χ0) is 12.8. The molecule has 0 bridgehead atoms. The van der Waals surface area contributed by atoms with Crippen LogP contribution in [0.2, 0.25) is 5.02 Å². The molecule has 0 atom stereocenters. The number of aliphatic hydroxyl groups excluding tert-OH is 1. The van der Waals surface area contributed by atoms with E-state index in [0.717, 1.165) is 5.56 Å². The largest absolute Gasteiger partial charge is 0.490 e. The molecule has 0 saturated heterocycles. The number of aliphatic hydroxyl groups is 1. The van der Waals surface area contributed by atoms with Crippen molar-refractivity contribution in [1.82, 2.24) is 0 Å². The van der Waals surface area contributed by atoms with Gasteiger partial charge in [0, 0.05) is 12.3 Å². The molecule has 0 saturated carbocycles. The molecule has 0 unspecified atom stereocenters. The molecule has 1 N–H and O–H groups in total. The van der Waals surface area contributed by atoms with Gasteiger partial charge in [0.2, 0.25) is 0 Å². The van der Waals surface area contributed by atoms with E-state index in [4.69, 9.17) is 21.4 Å². The molecule has 17 heavy (non-hydrogen) atoms. The Morgan fingerprint density at radius 1 is 1.47 bits per heavy atom.